The van der Waals surface area contributed by atoms with Crippen molar-refractivity contribution < 1.29 is 91.7 Å². The summed E-state index contributed by atoms with van der Waals surface area (Å²) in [6.07, 6.45) is 43.4. The van der Waals surface area contributed by atoms with E-state index >= 15 is 0 Å². The quantitative estimate of drug-likeness (QED) is 0.0456. The van der Waals surface area contributed by atoms with Crippen molar-refractivity contribution in [2.45, 2.75) is 233 Å². The van der Waals surface area contributed by atoms with E-state index in [-0.39, 0.29) is 89.2 Å². The molecule has 16 rings (SSSR count). The third-order valence-corrected chi connectivity index (χ3v) is 25.4. The molecule has 0 bridgehead atoms. The van der Waals surface area contributed by atoms with Gasteiger partial charge in [0.1, 0.15) is 17.0 Å². The van der Waals surface area contributed by atoms with Gasteiger partial charge in [-0.25, -0.2) is 15.0 Å². The Kier molecular flexibility index (Phi) is 29.3. The summed E-state index contributed by atoms with van der Waals surface area (Å²) >= 11 is 7.82. The molecule has 4 saturated carbocycles. The molecule has 4 fully saturated rings. The zero-order valence-corrected chi connectivity index (χ0v) is 72.8. The van der Waals surface area contributed by atoms with Gasteiger partial charge in [0.05, 0.1) is 17.3 Å². The number of imidazole rings is 1. The Morgan fingerprint density at radius 2 is 1.35 bits per heavy atom. The second-order valence-electron chi connectivity index (χ2n) is 32.2. The Bertz CT molecular complexity index is 4680. The molecule has 12 nitrogen and oxygen atoms in total. The van der Waals surface area contributed by atoms with Crippen LogP contribution < -0.4 is 14.9 Å². The SMILES string of the molecule is CC(=C1[C-]=CC(CCC2(C)CCCCC2)=C1)c1nc(C)co1.CC1(C(C)(C)c2cc(N(c3ccccc3)c3ccccc3)cc(-c3ncon3)c2[S-])CCCC1.CCC1(Cc2cnc(C(C)(C)c3nc4ccccc4[n-]3)o2)CCCC1.Cc1csc(-c2cccc3c(CC4(C)CCCC4)c[n-]c23)n1.[Co].[Pt].[Pt].[Rh]. The molecule has 5 aliphatic carbocycles. The molecule has 107 heavy (non-hydrogen) atoms. The number of thiazole rings is 1. The number of aromatic nitrogens is 8. The van der Waals surface area contributed by atoms with E-state index in [9.17, 15) is 0 Å². The van der Waals surface area contributed by atoms with Gasteiger partial charge in [-0.3, -0.25) is 0 Å². The predicted molar refractivity (Wildman–Crippen MR) is 422 cm³/mol. The fourth-order valence-electron chi connectivity index (χ4n) is 16.8. The fraction of sp³-hybridized carbons (Fsp3) is 0.438. The van der Waals surface area contributed by atoms with Gasteiger partial charge >= 0.3 is 0 Å². The Morgan fingerprint density at radius 3 is 1.97 bits per heavy atom. The molecule has 18 heteroatoms. The number of oxazole rings is 2. The third-order valence-electron chi connectivity index (χ3n) is 24.0. The molecule has 5 aliphatic rings. The van der Waals surface area contributed by atoms with Crippen LogP contribution in [0.5, 0.6) is 0 Å². The number of hydrogen-bond acceptors (Lipinski definition) is 12. The number of para-hydroxylation sites is 5. The van der Waals surface area contributed by atoms with Gasteiger partial charge in [-0.15, -0.1) is 22.9 Å². The first kappa shape index (κ1) is 85.1. The number of anilines is 3. The maximum atomic E-state index is 6.20. The number of nitrogens with zero attached hydrogens (tertiary/aromatic N) is 9. The largest absolute Gasteiger partial charge is 0.779 e. The van der Waals surface area contributed by atoms with Crippen LogP contribution in [0.4, 0.5) is 17.1 Å². The molecular formula is C89H103CoN9O3Pt2RhS2-4. The number of allylic oxidation sites excluding steroid dienone is 6. The van der Waals surface area contributed by atoms with E-state index in [1.54, 1.807) is 17.6 Å². The summed E-state index contributed by atoms with van der Waals surface area (Å²) < 4.78 is 16.8. The third kappa shape index (κ3) is 19.5. The van der Waals surface area contributed by atoms with Crippen molar-refractivity contribution in [2.75, 3.05) is 4.90 Å². The predicted octanol–water partition coefficient (Wildman–Crippen LogP) is 24.1. The number of hydrogen-bond donors (Lipinski definition) is 0. The molecule has 0 saturated heterocycles. The van der Waals surface area contributed by atoms with Crippen LogP contribution in [-0.2, 0) is 115 Å². The first-order valence-electron chi connectivity index (χ1n) is 37.9. The molecule has 0 N–H and O–H groups in total. The van der Waals surface area contributed by atoms with Crippen LogP contribution in [0.15, 0.2) is 187 Å². The van der Waals surface area contributed by atoms with E-state index in [0.29, 0.717) is 33.9 Å². The average Bonchev–Trinajstić information content (AvgIpc) is 1.24. The molecule has 0 aliphatic heterocycles. The summed E-state index contributed by atoms with van der Waals surface area (Å²) in [7, 11) is 0. The van der Waals surface area contributed by atoms with Crippen molar-refractivity contribution in [1.82, 2.24) is 40.0 Å². The van der Waals surface area contributed by atoms with E-state index in [1.807, 2.05) is 56.4 Å². The molecule has 11 aromatic rings. The van der Waals surface area contributed by atoms with Gasteiger partial charge < -0.3 is 45.8 Å². The Hall–Kier alpha value is -5.95. The van der Waals surface area contributed by atoms with E-state index in [0.717, 1.165) is 102 Å². The van der Waals surface area contributed by atoms with E-state index in [4.69, 9.17) is 40.9 Å². The first-order valence-corrected chi connectivity index (χ1v) is 39.2. The maximum absolute atomic E-state index is 6.20. The minimum absolute atomic E-state index is 0. The van der Waals surface area contributed by atoms with Gasteiger partial charge in [0, 0.05) is 119 Å². The van der Waals surface area contributed by atoms with Crippen molar-refractivity contribution in [1.29, 1.82) is 0 Å². The van der Waals surface area contributed by atoms with E-state index in [1.165, 1.54) is 156 Å². The molecule has 0 amide bonds. The standard InChI is InChI=1S/C29H31N3OS.C21H26N3O.C20H26NO.C19H21N2S.Co.2Pt.Rh/c1-28(2,29(3)16-10-11-17-29)25-19-23(18-24(26(25)34)27-30-20-33-31-27)32(21-12-6-4-7-13-21)22-14-8-5-9-15-22;1-4-21(11-7-8-12-21)13-15-14-22-19(25-15)20(2,3)18-23-16-9-5-6-10-17(16)24-18;1-15-14-22-19(21-15)16(2)18-8-7-17(13-18)9-12-20(3)10-5-4-6-11-20;1-13-12-22-18(21-13)16-7-5-6-15-14(11-20-17(15)16)10-19(2)8-3-4-9-19;;;;/h4-9,12-15,18-20,34H,10-11,16-17H2,1-3H3;5-6,9-10,14H,4,7-8,11-13H2,1-3H3;7,13-14H,4-6,9-12H2,1-3H3;5-7,11-12H,3-4,8-10H2,1-2H3;;;;/q;3*-1;;;;/p-1. The summed E-state index contributed by atoms with van der Waals surface area (Å²) in [5, 5.41) is 8.67. The normalized spacial score (nSPS) is 17.2. The summed E-state index contributed by atoms with van der Waals surface area (Å²) in [4.78, 5) is 35.2. The van der Waals surface area contributed by atoms with Crippen molar-refractivity contribution in [3.63, 3.8) is 0 Å². The number of rotatable bonds is 18. The van der Waals surface area contributed by atoms with Gasteiger partial charge in [0.2, 0.25) is 18.1 Å². The van der Waals surface area contributed by atoms with E-state index < -0.39 is 5.41 Å². The zero-order chi connectivity index (χ0) is 72.0. The topological polar surface area (TPSA) is 148 Å². The molecule has 0 atom stereocenters. The molecule has 6 aromatic heterocycles. The van der Waals surface area contributed by atoms with Crippen LogP contribution in [0.3, 0.4) is 0 Å². The molecule has 2 radical (unpaired) electrons. The Morgan fingerprint density at radius 1 is 0.701 bits per heavy atom. The summed E-state index contributed by atoms with van der Waals surface area (Å²) in [5.74, 6) is 3.73. The first-order chi connectivity index (χ1) is 49.6. The molecule has 0 spiro atoms. The van der Waals surface area contributed by atoms with Gasteiger partial charge in [-0.1, -0.05) is 232 Å². The van der Waals surface area contributed by atoms with Gasteiger partial charge in [0.25, 0.3) is 0 Å². The van der Waals surface area contributed by atoms with Crippen LogP contribution >= 0.6 is 11.3 Å². The average molecular weight is 1960 g/mol. The monoisotopic (exact) mass is 1960 g/mol. The van der Waals surface area contributed by atoms with Crippen molar-refractivity contribution >= 4 is 68.5 Å². The summed E-state index contributed by atoms with van der Waals surface area (Å²) in [5.41, 5.74) is 17.4. The van der Waals surface area contributed by atoms with Gasteiger partial charge in [-0.05, 0) is 171 Å². The van der Waals surface area contributed by atoms with Crippen LogP contribution in [0.1, 0.15) is 237 Å². The number of fused-ring (bicyclic) bond motifs is 2. The fourth-order valence-corrected chi connectivity index (χ4v) is 18.1. The Balaban J connectivity index is 0.000000165. The van der Waals surface area contributed by atoms with Gasteiger partial charge in [0.15, 0.2) is 5.89 Å². The van der Waals surface area contributed by atoms with Crippen molar-refractivity contribution in [3.05, 3.63) is 221 Å². The maximum Gasteiger partial charge on any atom is 0.214 e. The molecule has 5 aromatic carbocycles. The summed E-state index contributed by atoms with van der Waals surface area (Å²) in [6.45, 7) is 24.5. The zero-order valence-electron chi connectivity index (χ0n) is 63.9. The van der Waals surface area contributed by atoms with Crippen molar-refractivity contribution in [2.24, 2.45) is 21.7 Å². The van der Waals surface area contributed by atoms with Crippen LogP contribution in [0.2, 0.25) is 0 Å². The minimum Gasteiger partial charge on any atom is -0.779 e. The van der Waals surface area contributed by atoms with Gasteiger partial charge in [-0.2, -0.15) is 39.4 Å². The smallest absolute Gasteiger partial charge is 0.214 e. The molecule has 0 unspecified atom stereocenters. The van der Waals surface area contributed by atoms with Crippen LogP contribution in [0, 0.1) is 41.6 Å². The van der Waals surface area contributed by atoms with Crippen LogP contribution in [0.25, 0.3) is 49.5 Å². The molecular weight excluding hydrogens is 1860 g/mol. The summed E-state index contributed by atoms with van der Waals surface area (Å²) in [6, 6.07) is 39.7. The minimum atomic E-state index is -0.438. The molecule has 576 valence electrons. The number of aryl methyl sites for hydroxylation is 2. The second kappa shape index (κ2) is 36.9. The number of benzene rings is 5. The Labute approximate surface area is 696 Å². The van der Waals surface area contributed by atoms with Crippen molar-refractivity contribution in [3.8, 4) is 22.0 Å². The van der Waals surface area contributed by atoms with Crippen LogP contribution in [-0.4, -0.2) is 30.1 Å². The molecule has 6 heterocycles. The second-order valence-corrected chi connectivity index (χ2v) is 33.5. The van der Waals surface area contributed by atoms with E-state index in [2.05, 4.69) is 201 Å².